The molecular formula is C16H25NO. The summed E-state index contributed by atoms with van der Waals surface area (Å²) in [5.74, 6) is 0.956. The fourth-order valence-corrected chi connectivity index (χ4v) is 1.63. The predicted molar refractivity (Wildman–Crippen MR) is 78.1 cm³/mol. The van der Waals surface area contributed by atoms with Crippen LogP contribution in [0.3, 0.4) is 0 Å². The largest absolute Gasteiger partial charge is 0.494 e. The Morgan fingerprint density at radius 3 is 2.50 bits per heavy atom. The molecule has 1 N–H and O–H groups in total. The van der Waals surface area contributed by atoms with Gasteiger partial charge >= 0.3 is 0 Å². The monoisotopic (exact) mass is 247 g/mol. The summed E-state index contributed by atoms with van der Waals surface area (Å²) in [6.07, 6.45) is 3.25. The Bertz CT molecular complexity index is 363. The van der Waals surface area contributed by atoms with Gasteiger partial charge in [-0.25, -0.2) is 0 Å². The Kier molecular flexibility index (Phi) is 6.51. The summed E-state index contributed by atoms with van der Waals surface area (Å²) in [5, 5.41) is 3.48. The van der Waals surface area contributed by atoms with Gasteiger partial charge in [-0.05, 0) is 44.9 Å². The van der Waals surface area contributed by atoms with Gasteiger partial charge < -0.3 is 10.1 Å². The van der Waals surface area contributed by atoms with E-state index in [4.69, 9.17) is 4.74 Å². The summed E-state index contributed by atoms with van der Waals surface area (Å²) in [4.78, 5) is 0. The highest BCUT2D eigenvalue weighted by molar-refractivity contribution is 5.29. The van der Waals surface area contributed by atoms with E-state index in [9.17, 15) is 0 Å². The first kappa shape index (κ1) is 14.8. The minimum atomic E-state index is 0.362. The molecule has 0 aliphatic heterocycles. The van der Waals surface area contributed by atoms with Crippen LogP contribution in [0.5, 0.6) is 5.75 Å². The topological polar surface area (TPSA) is 21.3 Å². The van der Waals surface area contributed by atoms with Crippen molar-refractivity contribution < 1.29 is 4.74 Å². The maximum absolute atomic E-state index is 5.57. The minimum absolute atomic E-state index is 0.362. The average Bonchev–Trinajstić information content (AvgIpc) is 2.36. The molecule has 0 aromatic heterocycles. The van der Waals surface area contributed by atoms with Crippen molar-refractivity contribution in [3.05, 3.63) is 41.5 Å². The third-order valence-corrected chi connectivity index (χ3v) is 2.79. The van der Waals surface area contributed by atoms with Crippen LogP contribution in [0.15, 0.2) is 35.9 Å². The molecule has 0 amide bonds. The number of rotatable bonds is 7. The molecular weight excluding hydrogens is 222 g/mol. The number of ether oxygens (including phenoxy) is 1. The second kappa shape index (κ2) is 7.93. The molecule has 0 bridgehead atoms. The van der Waals surface area contributed by atoms with Crippen LogP contribution in [0.1, 0.15) is 45.7 Å². The number of hydrogen-bond donors (Lipinski definition) is 1. The minimum Gasteiger partial charge on any atom is -0.494 e. The molecule has 18 heavy (non-hydrogen) atoms. The SMILES string of the molecule is CCCOc1ccc(C(C)NCC=C(C)C)cc1. The van der Waals surface area contributed by atoms with Crippen LogP contribution < -0.4 is 10.1 Å². The predicted octanol–water partition coefficient (Wildman–Crippen LogP) is 4.09. The highest BCUT2D eigenvalue weighted by Crippen LogP contribution is 2.17. The van der Waals surface area contributed by atoms with Crippen molar-refractivity contribution in [3.8, 4) is 5.75 Å². The lowest BCUT2D eigenvalue weighted by molar-refractivity contribution is 0.317. The van der Waals surface area contributed by atoms with Crippen molar-refractivity contribution in [3.63, 3.8) is 0 Å². The second-order valence-electron chi connectivity index (χ2n) is 4.83. The molecule has 1 unspecified atom stereocenters. The summed E-state index contributed by atoms with van der Waals surface area (Å²) in [6.45, 7) is 10.2. The fraction of sp³-hybridized carbons (Fsp3) is 0.500. The van der Waals surface area contributed by atoms with Crippen LogP contribution in [-0.4, -0.2) is 13.2 Å². The van der Waals surface area contributed by atoms with Crippen LogP contribution in [0, 0.1) is 0 Å². The lowest BCUT2D eigenvalue weighted by atomic mass is 10.1. The molecule has 1 aromatic carbocycles. The molecule has 0 spiro atoms. The van der Waals surface area contributed by atoms with Crippen LogP contribution >= 0.6 is 0 Å². The standard InChI is InChI=1S/C16H25NO/c1-5-12-18-16-8-6-15(7-9-16)14(4)17-11-10-13(2)3/h6-10,14,17H,5,11-12H2,1-4H3. The molecule has 100 valence electrons. The van der Waals surface area contributed by atoms with E-state index in [1.54, 1.807) is 0 Å². The van der Waals surface area contributed by atoms with Gasteiger partial charge in [-0.1, -0.05) is 30.7 Å². The summed E-state index contributed by atoms with van der Waals surface area (Å²) in [7, 11) is 0. The van der Waals surface area contributed by atoms with Gasteiger partial charge in [-0.2, -0.15) is 0 Å². The molecule has 2 nitrogen and oxygen atoms in total. The first-order valence-corrected chi connectivity index (χ1v) is 6.73. The van der Waals surface area contributed by atoms with E-state index in [0.29, 0.717) is 6.04 Å². The molecule has 0 saturated carbocycles. The van der Waals surface area contributed by atoms with Crippen molar-refractivity contribution in [2.45, 2.75) is 40.2 Å². The van der Waals surface area contributed by atoms with Gasteiger partial charge in [0.15, 0.2) is 0 Å². The molecule has 0 heterocycles. The molecule has 1 aromatic rings. The first-order chi connectivity index (χ1) is 8.63. The van der Waals surface area contributed by atoms with Gasteiger partial charge in [0.2, 0.25) is 0 Å². The smallest absolute Gasteiger partial charge is 0.119 e. The first-order valence-electron chi connectivity index (χ1n) is 6.73. The summed E-state index contributed by atoms with van der Waals surface area (Å²) in [6, 6.07) is 8.71. The summed E-state index contributed by atoms with van der Waals surface area (Å²) in [5.41, 5.74) is 2.64. The highest BCUT2D eigenvalue weighted by Gasteiger charge is 2.03. The lowest BCUT2D eigenvalue weighted by Gasteiger charge is -2.14. The van der Waals surface area contributed by atoms with Crippen molar-refractivity contribution in [2.75, 3.05) is 13.2 Å². The van der Waals surface area contributed by atoms with E-state index in [1.807, 2.05) is 12.1 Å². The number of nitrogens with one attached hydrogen (secondary N) is 1. The zero-order valence-electron chi connectivity index (χ0n) is 12.0. The van der Waals surface area contributed by atoms with E-state index in [2.05, 4.69) is 51.2 Å². The van der Waals surface area contributed by atoms with Gasteiger partial charge in [0.1, 0.15) is 5.75 Å². The van der Waals surface area contributed by atoms with E-state index in [0.717, 1.165) is 25.3 Å². The lowest BCUT2D eigenvalue weighted by Crippen LogP contribution is -2.18. The summed E-state index contributed by atoms with van der Waals surface area (Å²) < 4.78 is 5.57. The third kappa shape index (κ3) is 5.37. The number of benzene rings is 1. The Labute approximate surface area is 111 Å². The molecule has 0 fully saturated rings. The van der Waals surface area contributed by atoms with E-state index < -0.39 is 0 Å². The number of allylic oxidation sites excluding steroid dienone is 1. The molecule has 1 rings (SSSR count). The van der Waals surface area contributed by atoms with Crippen molar-refractivity contribution in [1.82, 2.24) is 5.32 Å². The van der Waals surface area contributed by atoms with Gasteiger partial charge in [-0.15, -0.1) is 0 Å². The highest BCUT2D eigenvalue weighted by atomic mass is 16.5. The van der Waals surface area contributed by atoms with Crippen LogP contribution in [0.25, 0.3) is 0 Å². The Balaban J connectivity index is 2.48. The maximum atomic E-state index is 5.57. The van der Waals surface area contributed by atoms with Crippen LogP contribution in [0.4, 0.5) is 0 Å². The maximum Gasteiger partial charge on any atom is 0.119 e. The van der Waals surface area contributed by atoms with Gasteiger partial charge in [-0.3, -0.25) is 0 Å². The van der Waals surface area contributed by atoms with Crippen molar-refractivity contribution in [1.29, 1.82) is 0 Å². The van der Waals surface area contributed by atoms with Gasteiger partial charge in [0, 0.05) is 12.6 Å². The van der Waals surface area contributed by atoms with Gasteiger partial charge in [0.25, 0.3) is 0 Å². The second-order valence-corrected chi connectivity index (χ2v) is 4.83. The molecule has 0 aliphatic carbocycles. The van der Waals surface area contributed by atoms with Crippen molar-refractivity contribution >= 4 is 0 Å². The molecule has 0 radical (unpaired) electrons. The Morgan fingerprint density at radius 2 is 1.94 bits per heavy atom. The van der Waals surface area contributed by atoms with E-state index in [1.165, 1.54) is 11.1 Å². The fourth-order valence-electron chi connectivity index (χ4n) is 1.63. The molecule has 2 heteroatoms. The van der Waals surface area contributed by atoms with Gasteiger partial charge in [0.05, 0.1) is 6.61 Å². The van der Waals surface area contributed by atoms with Crippen molar-refractivity contribution in [2.24, 2.45) is 0 Å². The molecule has 0 saturated heterocycles. The summed E-state index contributed by atoms with van der Waals surface area (Å²) >= 11 is 0. The molecule has 0 aliphatic rings. The average molecular weight is 247 g/mol. The van der Waals surface area contributed by atoms with E-state index in [-0.39, 0.29) is 0 Å². The van der Waals surface area contributed by atoms with Crippen LogP contribution in [-0.2, 0) is 0 Å². The zero-order valence-corrected chi connectivity index (χ0v) is 12.0. The number of hydrogen-bond acceptors (Lipinski definition) is 2. The quantitative estimate of drug-likeness (QED) is 0.733. The Morgan fingerprint density at radius 1 is 1.28 bits per heavy atom. The normalized spacial score (nSPS) is 12.0. The third-order valence-electron chi connectivity index (χ3n) is 2.79. The zero-order chi connectivity index (χ0) is 13.4. The molecule has 1 atom stereocenters. The van der Waals surface area contributed by atoms with E-state index >= 15 is 0 Å². The Hall–Kier alpha value is -1.28. The van der Waals surface area contributed by atoms with Crippen LogP contribution in [0.2, 0.25) is 0 Å².